The Hall–Kier alpha value is -1.83. The number of nitrogens with zero attached hydrogens (tertiary/aromatic N) is 2. The van der Waals surface area contributed by atoms with Crippen LogP contribution in [0.5, 0.6) is 0 Å². The normalized spacial score (nSPS) is 23.4. The van der Waals surface area contributed by atoms with Gasteiger partial charge in [0.2, 0.25) is 0 Å². The van der Waals surface area contributed by atoms with Crippen LogP contribution in [0.2, 0.25) is 0 Å². The van der Waals surface area contributed by atoms with E-state index < -0.39 is 0 Å². The third-order valence-electron chi connectivity index (χ3n) is 3.87. The molecule has 0 saturated carbocycles. The molecular weight excluding hydrogens is 232 g/mol. The first-order valence-electron chi connectivity index (χ1n) is 6.67. The van der Waals surface area contributed by atoms with Crippen LogP contribution in [-0.2, 0) is 5.41 Å². The molecule has 0 fully saturated rings. The Morgan fingerprint density at radius 2 is 2.00 bits per heavy atom. The molecule has 1 aliphatic rings. The van der Waals surface area contributed by atoms with Gasteiger partial charge < -0.3 is 4.90 Å². The third-order valence-corrected chi connectivity index (χ3v) is 3.87. The van der Waals surface area contributed by atoms with E-state index in [2.05, 4.69) is 66.6 Å². The van der Waals surface area contributed by atoms with Crippen molar-refractivity contribution in [3.8, 4) is 0 Å². The van der Waals surface area contributed by atoms with E-state index in [9.17, 15) is 0 Å². The molecule has 1 aromatic carbocycles. The van der Waals surface area contributed by atoms with E-state index in [1.165, 1.54) is 16.9 Å². The van der Waals surface area contributed by atoms with Crippen molar-refractivity contribution in [3.63, 3.8) is 0 Å². The molecule has 0 saturated heterocycles. The lowest BCUT2D eigenvalue weighted by Crippen LogP contribution is -2.26. The summed E-state index contributed by atoms with van der Waals surface area (Å²) in [6.07, 6.45) is 7.28. The third kappa shape index (κ3) is 2.23. The summed E-state index contributed by atoms with van der Waals surface area (Å²) in [5.41, 5.74) is 4.02. The maximum atomic E-state index is 3.93. The summed E-state index contributed by atoms with van der Waals surface area (Å²) < 4.78 is 2.07. The number of rotatable bonds is 3. The van der Waals surface area contributed by atoms with Crippen LogP contribution in [0.1, 0.15) is 18.9 Å². The second-order valence-electron chi connectivity index (χ2n) is 5.57. The lowest BCUT2D eigenvalue weighted by Gasteiger charge is -2.27. The number of hydrogen-bond donors (Lipinski definition) is 0. The zero-order valence-electron chi connectivity index (χ0n) is 12.4. The van der Waals surface area contributed by atoms with Crippen LogP contribution in [0.15, 0.2) is 48.7 Å². The molecule has 1 unspecified atom stereocenters. The minimum Gasteiger partial charge on any atom is -0.347 e. The monoisotopic (exact) mass is 255 g/mol. The van der Waals surface area contributed by atoms with Gasteiger partial charge in [0.1, 0.15) is 14.1 Å². The number of allylic oxidation sites excluding steroid dienone is 3. The quantitative estimate of drug-likeness (QED) is 0.457. The van der Waals surface area contributed by atoms with Crippen molar-refractivity contribution in [3.05, 3.63) is 54.3 Å². The molecule has 2 rings (SSSR count). The van der Waals surface area contributed by atoms with Crippen molar-refractivity contribution in [2.24, 2.45) is 0 Å². The van der Waals surface area contributed by atoms with Gasteiger partial charge in [0.05, 0.1) is 0 Å². The molecule has 0 spiro atoms. The second kappa shape index (κ2) is 5.04. The second-order valence-corrected chi connectivity index (χ2v) is 5.57. The van der Waals surface area contributed by atoms with Crippen LogP contribution in [0, 0.1) is 0 Å². The smallest absolute Gasteiger partial charge is 0.164 e. The number of fused-ring (bicyclic) bond motifs is 1. The molecule has 1 aliphatic heterocycles. The van der Waals surface area contributed by atoms with Crippen LogP contribution < -0.4 is 4.90 Å². The van der Waals surface area contributed by atoms with Gasteiger partial charge in [-0.25, -0.2) is 4.58 Å². The molecule has 1 atom stereocenters. The molecule has 0 amide bonds. The molecule has 0 bridgehead atoms. The van der Waals surface area contributed by atoms with Crippen LogP contribution in [-0.4, -0.2) is 31.9 Å². The standard InChI is InChI=1S/C17H23N2/c1-6-12-17(2)14-9-7-8-10-15(14)19(5)16(17)11-13-18(3)4/h6-11,13H,1,12H2,2-5H3/q+1. The summed E-state index contributed by atoms with van der Waals surface area (Å²) in [6.45, 7) is 6.23. The highest BCUT2D eigenvalue weighted by atomic mass is 15.2. The first kappa shape index (κ1) is 13.6. The highest BCUT2D eigenvalue weighted by molar-refractivity contribution is 5.77. The molecule has 0 N–H and O–H groups in total. The minimum atomic E-state index is 0.0135. The fraction of sp³-hybridized carbons (Fsp3) is 0.353. The number of likely N-dealkylation sites (N-methyl/N-ethyl adjacent to an activating group) is 1. The van der Waals surface area contributed by atoms with E-state index in [1.807, 2.05) is 20.2 Å². The topological polar surface area (TPSA) is 6.25 Å². The largest absolute Gasteiger partial charge is 0.347 e. The zero-order chi connectivity index (χ0) is 14.0. The van der Waals surface area contributed by atoms with E-state index in [0.717, 1.165) is 6.42 Å². The van der Waals surface area contributed by atoms with Crippen molar-refractivity contribution in [1.29, 1.82) is 0 Å². The SMILES string of the molecule is C=CCC1(C)C(=CC=[N+](C)C)N(C)c2ccccc21. The summed E-state index contributed by atoms with van der Waals surface area (Å²) in [7, 11) is 6.23. The average molecular weight is 255 g/mol. The van der Waals surface area contributed by atoms with Crippen LogP contribution in [0.3, 0.4) is 0 Å². The van der Waals surface area contributed by atoms with Crippen LogP contribution >= 0.6 is 0 Å². The van der Waals surface area contributed by atoms with Crippen LogP contribution in [0.4, 0.5) is 5.69 Å². The molecule has 100 valence electrons. The number of hydrogen-bond acceptors (Lipinski definition) is 1. The molecule has 19 heavy (non-hydrogen) atoms. The molecule has 1 aromatic rings. The lowest BCUT2D eigenvalue weighted by atomic mass is 9.78. The van der Waals surface area contributed by atoms with Crippen molar-refractivity contribution in [1.82, 2.24) is 0 Å². The predicted molar refractivity (Wildman–Crippen MR) is 83.3 cm³/mol. The Morgan fingerprint density at radius 3 is 2.63 bits per heavy atom. The number of anilines is 1. The number of para-hydroxylation sites is 1. The Labute approximate surface area is 116 Å². The molecule has 0 aromatic heterocycles. The van der Waals surface area contributed by atoms with Gasteiger partial charge in [-0.2, -0.15) is 0 Å². The Kier molecular flexibility index (Phi) is 3.61. The van der Waals surface area contributed by atoms with Gasteiger partial charge in [-0.1, -0.05) is 24.3 Å². The molecule has 2 heteroatoms. The fourth-order valence-corrected chi connectivity index (χ4v) is 2.89. The molecule has 0 aliphatic carbocycles. The fourth-order valence-electron chi connectivity index (χ4n) is 2.89. The molecule has 2 nitrogen and oxygen atoms in total. The number of benzene rings is 1. The van der Waals surface area contributed by atoms with E-state index in [4.69, 9.17) is 0 Å². The van der Waals surface area contributed by atoms with E-state index >= 15 is 0 Å². The van der Waals surface area contributed by atoms with Crippen molar-refractivity contribution < 1.29 is 4.58 Å². The zero-order valence-corrected chi connectivity index (χ0v) is 12.4. The minimum absolute atomic E-state index is 0.0135. The maximum absolute atomic E-state index is 3.93. The molecule has 1 heterocycles. The van der Waals surface area contributed by atoms with Gasteiger partial charge >= 0.3 is 0 Å². The van der Waals surface area contributed by atoms with Gasteiger partial charge in [-0.15, -0.1) is 6.58 Å². The lowest BCUT2D eigenvalue weighted by molar-refractivity contribution is -0.458. The van der Waals surface area contributed by atoms with Gasteiger partial charge in [0, 0.05) is 29.9 Å². The Bertz CT molecular complexity index is 550. The first-order valence-corrected chi connectivity index (χ1v) is 6.67. The van der Waals surface area contributed by atoms with Gasteiger partial charge in [0.15, 0.2) is 6.21 Å². The Balaban J connectivity index is 2.60. The average Bonchev–Trinajstić information content (AvgIpc) is 2.58. The van der Waals surface area contributed by atoms with E-state index in [-0.39, 0.29) is 5.41 Å². The summed E-state index contributed by atoms with van der Waals surface area (Å²) >= 11 is 0. The van der Waals surface area contributed by atoms with Crippen molar-refractivity contribution in [2.75, 3.05) is 26.0 Å². The van der Waals surface area contributed by atoms with E-state index in [0.29, 0.717) is 0 Å². The molecule has 0 radical (unpaired) electrons. The highest BCUT2D eigenvalue weighted by Gasteiger charge is 2.40. The summed E-state index contributed by atoms with van der Waals surface area (Å²) in [5.74, 6) is 0. The first-order chi connectivity index (χ1) is 9.00. The van der Waals surface area contributed by atoms with Crippen molar-refractivity contribution in [2.45, 2.75) is 18.8 Å². The molecular formula is C17H23N2+. The van der Waals surface area contributed by atoms with Gasteiger partial charge in [0.25, 0.3) is 0 Å². The van der Waals surface area contributed by atoms with Crippen molar-refractivity contribution >= 4 is 11.9 Å². The summed E-state index contributed by atoms with van der Waals surface area (Å²) in [6, 6.07) is 8.63. The predicted octanol–water partition coefficient (Wildman–Crippen LogP) is 3.20. The maximum Gasteiger partial charge on any atom is 0.164 e. The van der Waals surface area contributed by atoms with E-state index in [1.54, 1.807) is 0 Å². The van der Waals surface area contributed by atoms with Crippen LogP contribution in [0.25, 0.3) is 0 Å². The van der Waals surface area contributed by atoms with Gasteiger partial charge in [-0.05, 0) is 25.0 Å². The summed E-state index contributed by atoms with van der Waals surface area (Å²) in [5, 5.41) is 0. The Morgan fingerprint density at radius 1 is 1.32 bits per heavy atom. The highest BCUT2D eigenvalue weighted by Crippen LogP contribution is 2.48. The summed E-state index contributed by atoms with van der Waals surface area (Å²) in [4.78, 5) is 2.29. The van der Waals surface area contributed by atoms with Gasteiger partial charge in [-0.3, -0.25) is 0 Å².